The highest BCUT2D eigenvalue weighted by Crippen LogP contribution is 2.32. The molecule has 4 heteroatoms. The number of carbonyl (C=O) groups is 1. The van der Waals surface area contributed by atoms with E-state index in [4.69, 9.17) is 16.3 Å². The van der Waals surface area contributed by atoms with Crippen molar-refractivity contribution in [1.82, 2.24) is 5.32 Å². The first kappa shape index (κ1) is 14.2. The molecular weight excluding hydrogens is 262 g/mol. The molecule has 1 aliphatic carbocycles. The van der Waals surface area contributed by atoms with Crippen LogP contribution >= 0.6 is 11.6 Å². The molecule has 0 aliphatic heterocycles. The Morgan fingerprint density at radius 3 is 2.74 bits per heavy atom. The van der Waals surface area contributed by atoms with Gasteiger partial charge in [-0.1, -0.05) is 11.6 Å². The van der Waals surface area contributed by atoms with Crippen molar-refractivity contribution >= 4 is 17.5 Å². The molecule has 1 amide bonds. The molecule has 1 fully saturated rings. The summed E-state index contributed by atoms with van der Waals surface area (Å²) >= 11 is 6.27. The maximum Gasteiger partial charge on any atom is 0.223 e. The summed E-state index contributed by atoms with van der Waals surface area (Å²) in [6.45, 7) is 4.60. The fourth-order valence-corrected chi connectivity index (χ4v) is 2.42. The second-order valence-electron chi connectivity index (χ2n) is 5.13. The number of carbonyl (C=O) groups excluding carboxylic acids is 1. The number of rotatable bonds is 5. The second kappa shape index (κ2) is 5.83. The van der Waals surface area contributed by atoms with E-state index in [0.29, 0.717) is 6.54 Å². The van der Waals surface area contributed by atoms with Crippen LogP contribution in [0, 0.1) is 19.8 Å². The predicted molar refractivity (Wildman–Crippen MR) is 76.9 cm³/mol. The number of halogens is 1. The lowest BCUT2D eigenvalue weighted by Crippen LogP contribution is -2.27. The Balaban J connectivity index is 2.05. The van der Waals surface area contributed by atoms with Gasteiger partial charge in [0.25, 0.3) is 0 Å². The van der Waals surface area contributed by atoms with E-state index in [0.717, 1.165) is 46.7 Å². The van der Waals surface area contributed by atoms with Gasteiger partial charge in [0.2, 0.25) is 5.91 Å². The van der Waals surface area contributed by atoms with Crippen LogP contribution in [-0.4, -0.2) is 19.6 Å². The summed E-state index contributed by atoms with van der Waals surface area (Å²) in [6.07, 6.45) is 2.81. The van der Waals surface area contributed by atoms with Gasteiger partial charge >= 0.3 is 0 Å². The third-order valence-corrected chi connectivity index (χ3v) is 4.20. The van der Waals surface area contributed by atoms with E-state index in [2.05, 4.69) is 5.32 Å². The van der Waals surface area contributed by atoms with E-state index in [1.54, 1.807) is 7.11 Å². The molecule has 2 rings (SSSR count). The Morgan fingerprint density at radius 1 is 1.47 bits per heavy atom. The third-order valence-electron chi connectivity index (χ3n) is 3.62. The van der Waals surface area contributed by atoms with Gasteiger partial charge in [-0.15, -0.1) is 0 Å². The number of aryl methyl sites for hydroxylation is 1. The average molecular weight is 282 g/mol. The number of methoxy groups -OCH3 is 1. The minimum Gasteiger partial charge on any atom is -0.496 e. The molecule has 0 bridgehead atoms. The molecule has 1 N–H and O–H groups in total. The fraction of sp³-hybridized carbons (Fsp3) is 0.533. The number of benzene rings is 1. The van der Waals surface area contributed by atoms with E-state index < -0.39 is 0 Å². The highest BCUT2D eigenvalue weighted by Gasteiger charge is 2.29. The molecule has 1 aromatic carbocycles. The smallest absolute Gasteiger partial charge is 0.223 e. The fourth-order valence-electron chi connectivity index (χ4n) is 2.25. The first-order valence-electron chi connectivity index (χ1n) is 6.65. The highest BCUT2D eigenvalue weighted by molar-refractivity contribution is 6.32. The standard InChI is InChI=1S/C15H20ClNO2/c1-9-8-13(19-3)12(10(2)14(9)16)6-7-17-15(18)11-4-5-11/h8,11H,4-7H2,1-3H3,(H,17,18). The lowest BCUT2D eigenvalue weighted by atomic mass is 10.0. The van der Waals surface area contributed by atoms with Crippen LogP contribution in [-0.2, 0) is 11.2 Å². The van der Waals surface area contributed by atoms with Crippen LogP contribution in [0.1, 0.15) is 29.5 Å². The summed E-state index contributed by atoms with van der Waals surface area (Å²) in [7, 11) is 1.66. The SMILES string of the molecule is COc1cc(C)c(Cl)c(C)c1CCNC(=O)C1CC1. The van der Waals surface area contributed by atoms with Crippen LogP contribution in [0.4, 0.5) is 0 Å². The summed E-state index contributed by atoms with van der Waals surface area (Å²) in [5, 5.41) is 3.75. The van der Waals surface area contributed by atoms with Gasteiger partial charge in [0.05, 0.1) is 7.11 Å². The van der Waals surface area contributed by atoms with Crippen LogP contribution in [0.25, 0.3) is 0 Å². The van der Waals surface area contributed by atoms with E-state index in [-0.39, 0.29) is 11.8 Å². The van der Waals surface area contributed by atoms with Gasteiger partial charge in [0.1, 0.15) is 5.75 Å². The van der Waals surface area contributed by atoms with E-state index in [1.165, 1.54) is 0 Å². The first-order chi connectivity index (χ1) is 9.04. The van der Waals surface area contributed by atoms with Gasteiger partial charge < -0.3 is 10.1 Å². The lowest BCUT2D eigenvalue weighted by Gasteiger charge is -2.15. The van der Waals surface area contributed by atoms with Crippen molar-refractivity contribution < 1.29 is 9.53 Å². The topological polar surface area (TPSA) is 38.3 Å². The maximum absolute atomic E-state index is 11.6. The zero-order valence-corrected chi connectivity index (χ0v) is 12.4. The van der Waals surface area contributed by atoms with Gasteiger partial charge in [-0.3, -0.25) is 4.79 Å². The Bertz CT molecular complexity index is 495. The molecule has 0 heterocycles. The van der Waals surface area contributed by atoms with E-state index >= 15 is 0 Å². The van der Waals surface area contributed by atoms with E-state index in [9.17, 15) is 4.79 Å². The summed E-state index contributed by atoms with van der Waals surface area (Å²) in [4.78, 5) is 11.6. The second-order valence-corrected chi connectivity index (χ2v) is 5.51. The average Bonchev–Trinajstić information content (AvgIpc) is 3.22. The van der Waals surface area contributed by atoms with Gasteiger partial charge in [-0.2, -0.15) is 0 Å². The normalized spacial score (nSPS) is 14.3. The highest BCUT2D eigenvalue weighted by atomic mass is 35.5. The van der Waals surface area contributed by atoms with Crippen molar-refractivity contribution in [2.45, 2.75) is 33.1 Å². The maximum atomic E-state index is 11.6. The van der Waals surface area contributed by atoms with Crippen molar-refractivity contribution in [3.63, 3.8) is 0 Å². The minimum absolute atomic E-state index is 0.176. The van der Waals surface area contributed by atoms with Crippen LogP contribution in [0.3, 0.4) is 0 Å². The molecule has 0 spiro atoms. The Labute approximate surface area is 119 Å². The number of ether oxygens (including phenoxy) is 1. The quantitative estimate of drug-likeness (QED) is 0.901. The van der Waals surface area contributed by atoms with Crippen molar-refractivity contribution in [3.8, 4) is 5.75 Å². The zero-order valence-electron chi connectivity index (χ0n) is 11.7. The molecule has 1 saturated carbocycles. The number of hydrogen-bond donors (Lipinski definition) is 1. The molecule has 3 nitrogen and oxygen atoms in total. The number of nitrogens with one attached hydrogen (secondary N) is 1. The van der Waals surface area contributed by atoms with Crippen molar-refractivity contribution in [1.29, 1.82) is 0 Å². The molecule has 0 radical (unpaired) electrons. The lowest BCUT2D eigenvalue weighted by molar-refractivity contribution is -0.122. The molecule has 1 aliphatic rings. The molecule has 1 aromatic rings. The van der Waals surface area contributed by atoms with Crippen LogP contribution < -0.4 is 10.1 Å². The van der Waals surface area contributed by atoms with E-state index in [1.807, 2.05) is 19.9 Å². The molecule has 104 valence electrons. The molecule has 0 atom stereocenters. The van der Waals surface area contributed by atoms with Crippen LogP contribution in [0.15, 0.2) is 6.07 Å². The zero-order chi connectivity index (χ0) is 14.0. The molecule has 0 saturated heterocycles. The molecule has 0 unspecified atom stereocenters. The largest absolute Gasteiger partial charge is 0.496 e. The number of amides is 1. The van der Waals surface area contributed by atoms with Crippen LogP contribution in [0.2, 0.25) is 5.02 Å². The first-order valence-corrected chi connectivity index (χ1v) is 7.02. The van der Waals surface area contributed by atoms with Gasteiger partial charge in [0, 0.05) is 23.0 Å². The monoisotopic (exact) mass is 281 g/mol. The summed E-state index contributed by atoms with van der Waals surface area (Å²) in [6, 6.07) is 1.95. The minimum atomic E-state index is 0.176. The Hall–Kier alpha value is -1.22. The van der Waals surface area contributed by atoms with Crippen molar-refractivity contribution in [2.75, 3.05) is 13.7 Å². The van der Waals surface area contributed by atoms with Gasteiger partial charge in [-0.05, 0) is 50.3 Å². The molecular formula is C15H20ClNO2. The van der Waals surface area contributed by atoms with Crippen molar-refractivity contribution in [3.05, 3.63) is 27.8 Å². The predicted octanol–water partition coefficient (Wildman–Crippen LogP) is 3.03. The Morgan fingerprint density at radius 2 is 2.16 bits per heavy atom. The third kappa shape index (κ3) is 3.21. The van der Waals surface area contributed by atoms with Gasteiger partial charge in [0.15, 0.2) is 0 Å². The van der Waals surface area contributed by atoms with Crippen molar-refractivity contribution in [2.24, 2.45) is 5.92 Å². The summed E-state index contributed by atoms with van der Waals surface area (Å²) < 4.78 is 5.41. The summed E-state index contributed by atoms with van der Waals surface area (Å²) in [5.74, 6) is 1.28. The molecule has 0 aromatic heterocycles. The van der Waals surface area contributed by atoms with Crippen LogP contribution in [0.5, 0.6) is 5.75 Å². The number of hydrogen-bond acceptors (Lipinski definition) is 2. The Kier molecular flexibility index (Phi) is 4.35. The molecule has 19 heavy (non-hydrogen) atoms. The van der Waals surface area contributed by atoms with Gasteiger partial charge in [-0.25, -0.2) is 0 Å². The summed E-state index contributed by atoms with van der Waals surface area (Å²) in [5.41, 5.74) is 3.13.